The van der Waals surface area contributed by atoms with E-state index in [1.165, 1.54) is 0 Å². The second-order valence-corrected chi connectivity index (χ2v) is 5.46. The van der Waals surface area contributed by atoms with Gasteiger partial charge in [-0.15, -0.1) is 0 Å². The molecule has 0 aliphatic rings. The maximum Gasteiger partial charge on any atom is 0.326 e. The molecule has 2 atom stereocenters. The normalized spacial score (nSPS) is 15.1. The molecule has 5 nitrogen and oxygen atoms in total. The lowest BCUT2D eigenvalue weighted by molar-refractivity contribution is -0.145. The summed E-state index contributed by atoms with van der Waals surface area (Å²) in [4.78, 5) is 22.7. The number of rotatable bonds is 6. The Hall–Kier alpha value is -1.10. The quantitative estimate of drug-likeness (QED) is 0.652. The zero-order chi connectivity index (χ0) is 13.6. The van der Waals surface area contributed by atoms with Crippen LogP contribution in [0.3, 0.4) is 0 Å². The Morgan fingerprint density at radius 3 is 2.24 bits per heavy atom. The Labute approximate surface area is 103 Å². The van der Waals surface area contributed by atoms with E-state index in [0.717, 1.165) is 12.8 Å². The van der Waals surface area contributed by atoms with E-state index < -0.39 is 17.4 Å². The summed E-state index contributed by atoms with van der Waals surface area (Å²) in [7, 11) is 0. The Bertz CT molecular complexity index is 271. The highest BCUT2D eigenvalue weighted by molar-refractivity contribution is 5.84. The second-order valence-electron chi connectivity index (χ2n) is 5.46. The summed E-state index contributed by atoms with van der Waals surface area (Å²) in [5, 5.41) is 11.6. The Kier molecular flexibility index (Phi) is 6.16. The largest absolute Gasteiger partial charge is 0.480 e. The van der Waals surface area contributed by atoms with Gasteiger partial charge in [0.1, 0.15) is 6.04 Å². The van der Waals surface area contributed by atoms with Crippen LogP contribution in [0, 0.1) is 5.41 Å². The molecule has 0 aromatic carbocycles. The molecule has 0 fully saturated rings. The minimum absolute atomic E-state index is 0.174. The van der Waals surface area contributed by atoms with Crippen molar-refractivity contribution in [3.8, 4) is 0 Å². The highest BCUT2D eigenvalue weighted by atomic mass is 16.4. The molecule has 0 aromatic heterocycles. The van der Waals surface area contributed by atoms with Gasteiger partial charge in [-0.1, -0.05) is 34.1 Å². The van der Waals surface area contributed by atoms with Gasteiger partial charge in [-0.25, -0.2) is 4.79 Å². The van der Waals surface area contributed by atoms with Gasteiger partial charge >= 0.3 is 5.97 Å². The van der Waals surface area contributed by atoms with Crippen LogP contribution in [0.2, 0.25) is 0 Å². The number of carboxylic acid groups (broad SMARTS) is 1. The number of aliphatic carboxylic acids is 1. The van der Waals surface area contributed by atoms with Crippen LogP contribution < -0.4 is 11.1 Å². The highest BCUT2D eigenvalue weighted by Gasteiger charge is 2.32. The van der Waals surface area contributed by atoms with Crippen LogP contribution in [0.5, 0.6) is 0 Å². The molecule has 1 amide bonds. The first-order chi connectivity index (χ1) is 7.68. The molecule has 0 heterocycles. The van der Waals surface area contributed by atoms with Crippen molar-refractivity contribution in [2.45, 2.75) is 59.0 Å². The first kappa shape index (κ1) is 15.9. The SMILES string of the molecule is CCCC(N)CC(=O)NC(C(=O)O)C(C)(C)C. The number of nitrogens with two attached hydrogens (primary N) is 1. The predicted octanol–water partition coefficient (Wildman–Crippen LogP) is 1.12. The van der Waals surface area contributed by atoms with E-state index in [0.29, 0.717) is 0 Å². The first-order valence-corrected chi connectivity index (χ1v) is 5.96. The number of hydrogen-bond donors (Lipinski definition) is 3. The summed E-state index contributed by atoms with van der Waals surface area (Å²) in [6, 6.07) is -1.08. The van der Waals surface area contributed by atoms with E-state index in [9.17, 15) is 9.59 Å². The Balaban J connectivity index is 4.38. The fourth-order valence-electron chi connectivity index (χ4n) is 1.58. The van der Waals surface area contributed by atoms with E-state index in [1.807, 2.05) is 6.92 Å². The van der Waals surface area contributed by atoms with Crippen LogP contribution in [-0.4, -0.2) is 29.1 Å². The summed E-state index contributed by atoms with van der Waals surface area (Å²) in [6.07, 6.45) is 1.85. The second kappa shape index (κ2) is 6.59. The molecule has 0 spiro atoms. The number of carboxylic acids is 1. The topological polar surface area (TPSA) is 92.4 Å². The molecule has 0 aliphatic heterocycles. The molecule has 0 rings (SSSR count). The van der Waals surface area contributed by atoms with E-state index in [2.05, 4.69) is 5.32 Å². The van der Waals surface area contributed by atoms with Crippen molar-refractivity contribution >= 4 is 11.9 Å². The van der Waals surface area contributed by atoms with Crippen molar-refractivity contribution in [1.29, 1.82) is 0 Å². The van der Waals surface area contributed by atoms with E-state index in [4.69, 9.17) is 10.8 Å². The molecular formula is C12H24N2O3. The smallest absolute Gasteiger partial charge is 0.326 e. The number of carbonyl (C=O) groups excluding carboxylic acids is 1. The van der Waals surface area contributed by atoms with Crippen molar-refractivity contribution in [2.75, 3.05) is 0 Å². The molecule has 0 saturated heterocycles. The molecule has 0 saturated carbocycles. The zero-order valence-corrected chi connectivity index (χ0v) is 11.1. The number of hydrogen-bond acceptors (Lipinski definition) is 3. The third-order valence-corrected chi connectivity index (χ3v) is 2.53. The van der Waals surface area contributed by atoms with E-state index >= 15 is 0 Å². The fourth-order valence-corrected chi connectivity index (χ4v) is 1.58. The predicted molar refractivity (Wildman–Crippen MR) is 66.5 cm³/mol. The molecule has 0 aliphatic carbocycles. The molecule has 4 N–H and O–H groups in total. The third-order valence-electron chi connectivity index (χ3n) is 2.53. The van der Waals surface area contributed by atoms with Gasteiger partial charge in [0.25, 0.3) is 0 Å². The number of carbonyl (C=O) groups is 2. The van der Waals surface area contributed by atoms with Crippen LogP contribution in [0.25, 0.3) is 0 Å². The summed E-state index contributed by atoms with van der Waals surface area (Å²) >= 11 is 0. The van der Waals surface area contributed by atoms with Crippen molar-refractivity contribution in [3.63, 3.8) is 0 Å². The average Bonchev–Trinajstić information content (AvgIpc) is 2.12. The van der Waals surface area contributed by atoms with E-state index in [1.54, 1.807) is 20.8 Å². The lowest BCUT2D eigenvalue weighted by Gasteiger charge is -2.28. The van der Waals surface area contributed by atoms with Gasteiger partial charge in [0.2, 0.25) is 5.91 Å². The highest BCUT2D eigenvalue weighted by Crippen LogP contribution is 2.19. The van der Waals surface area contributed by atoms with Crippen molar-refractivity contribution in [2.24, 2.45) is 11.1 Å². The van der Waals surface area contributed by atoms with Gasteiger partial charge in [-0.3, -0.25) is 4.79 Å². The van der Waals surface area contributed by atoms with Crippen LogP contribution in [0.4, 0.5) is 0 Å². The molecule has 17 heavy (non-hydrogen) atoms. The third kappa shape index (κ3) is 6.26. The molecule has 5 heteroatoms. The monoisotopic (exact) mass is 244 g/mol. The summed E-state index contributed by atoms with van der Waals surface area (Å²) in [5.41, 5.74) is 5.22. The number of amides is 1. The van der Waals surface area contributed by atoms with Crippen LogP contribution >= 0.6 is 0 Å². The molecule has 2 unspecified atom stereocenters. The Morgan fingerprint density at radius 1 is 1.35 bits per heavy atom. The number of nitrogens with one attached hydrogen (secondary N) is 1. The fraction of sp³-hybridized carbons (Fsp3) is 0.833. The average molecular weight is 244 g/mol. The van der Waals surface area contributed by atoms with E-state index in [-0.39, 0.29) is 18.4 Å². The molecule has 0 radical (unpaired) electrons. The molecule has 0 bridgehead atoms. The molecule has 0 aromatic rings. The van der Waals surface area contributed by atoms with Gasteiger partial charge in [0.05, 0.1) is 0 Å². The minimum atomic E-state index is -1.02. The lowest BCUT2D eigenvalue weighted by atomic mass is 9.86. The van der Waals surface area contributed by atoms with Crippen LogP contribution in [-0.2, 0) is 9.59 Å². The van der Waals surface area contributed by atoms with Crippen molar-refractivity contribution in [3.05, 3.63) is 0 Å². The van der Waals surface area contributed by atoms with Crippen LogP contribution in [0.15, 0.2) is 0 Å². The van der Waals surface area contributed by atoms with Gasteiger partial charge in [0, 0.05) is 12.5 Å². The maximum absolute atomic E-state index is 11.6. The van der Waals surface area contributed by atoms with Crippen molar-refractivity contribution < 1.29 is 14.7 Å². The first-order valence-electron chi connectivity index (χ1n) is 5.96. The van der Waals surface area contributed by atoms with Crippen molar-refractivity contribution in [1.82, 2.24) is 5.32 Å². The standard InChI is InChI=1S/C12H24N2O3/c1-5-6-8(13)7-9(15)14-10(11(16)17)12(2,3)4/h8,10H,5-7,13H2,1-4H3,(H,14,15)(H,16,17). The van der Waals surface area contributed by atoms with Crippen LogP contribution in [0.1, 0.15) is 47.0 Å². The van der Waals surface area contributed by atoms with Gasteiger partial charge in [0.15, 0.2) is 0 Å². The Morgan fingerprint density at radius 2 is 1.88 bits per heavy atom. The maximum atomic E-state index is 11.6. The van der Waals surface area contributed by atoms with Gasteiger partial charge in [-0.05, 0) is 11.8 Å². The lowest BCUT2D eigenvalue weighted by Crippen LogP contribution is -2.50. The van der Waals surface area contributed by atoms with Gasteiger partial charge < -0.3 is 16.2 Å². The summed E-state index contributed by atoms with van der Waals surface area (Å²) < 4.78 is 0. The summed E-state index contributed by atoms with van der Waals surface area (Å²) in [6.45, 7) is 7.32. The van der Waals surface area contributed by atoms with Gasteiger partial charge in [-0.2, -0.15) is 0 Å². The minimum Gasteiger partial charge on any atom is -0.480 e. The summed E-state index contributed by atoms with van der Waals surface area (Å²) in [5.74, 6) is -1.32. The molecular weight excluding hydrogens is 220 g/mol. The molecule has 100 valence electrons. The zero-order valence-electron chi connectivity index (χ0n) is 11.1.